The lowest BCUT2D eigenvalue weighted by Crippen LogP contribution is -2.29. The van der Waals surface area contributed by atoms with Gasteiger partial charge < -0.3 is 24.2 Å². The SMILES string of the molecule is CCCCCCCCC(CCCCCC)C(=O)OCCCCCCN(CCCCCCOC(=O)CCN(CCCCCCCC)CCCCCCCC)CCCCN(C)C. The van der Waals surface area contributed by atoms with Crippen LogP contribution in [0.5, 0.6) is 0 Å². The van der Waals surface area contributed by atoms with Gasteiger partial charge in [0.1, 0.15) is 0 Å². The summed E-state index contributed by atoms with van der Waals surface area (Å²) in [4.78, 5) is 33.2. The van der Waals surface area contributed by atoms with Gasteiger partial charge in [0.05, 0.1) is 25.6 Å². The fourth-order valence-corrected chi connectivity index (χ4v) is 8.41. The molecule has 0 aliphatic rings. The second-order valence-corrected chi connectivity index (χ2v) is 18.8. The largest absolute Gasteiger partial charge is 0.466 e. The van der Waals surface area contributed by atoms with E-state index in [4.69, 9.17) is 9.47 Å². The van der Waals surface area contributed by atoms with E-state index in [1.54, 1.807) is 0 Å². The number of carbonyl (C=O) groups excluding carboxylic acids is 2. The molecule has 0 bridgehead atoms. The summed E-state index contributed by atoms with van der Waals surface area (Å²) in [6.07, 6.45) is 42.4. The number of rotatable bonds is 49. The number of hydrogen-bond acceptors (Lipinski definition) is 7. The Balaban J connectivity index is 4.45. The molecule has 1 unspecified atom stereocenters. The minimum atomic E-state index is -0.0153. The molecule has 0 saturated carbocycles. The minimum Gasteiger partial charge on any atom is -0.466 e. The maximum Gasteiger partial charge on any atom is 0.308 e. The molecule has 1 atom stereocenters. The zero-order valence-electron chi connectivity index (χ0n) is 41.7. The third kappa shape index (κ3) is 42.1. The van der Waals surface area contributed by atoms with E-state index in [1.807, 2.05) is 0 Å². The number of unbranched alkanes of at least 4 members (excludes halogenated alkanes) is 25. The lowest BCUT2D eigenvalue weighted by molar-refractivity contribution is -0.149. The fourth-order valence-electron chi connectivity index (χ4n) is 8.41. The van der Waals surface area contributed by atoms with Gasteiger partial charge in [-0.25, -0.2) is 0 Å². The highest BCUT2D eigenvalue weighted by Gasteiger charge is 2.19. The third-order valence-corrected chi connectivity index (χ3v) is 12.5. The molecule has 0 saturated heterocycles. The van der Waals surface area contributed by atoms with Crippen molar-refractivity contribution in [2.45, 2.75) is 252 Å². The van der Waals surface area contributed by atoms with Crippen molar-refractivity contribution in [1.29, 1.82) is 0 Å². The van der Waals surface area contributed by atoms with Crippen LogP contribution in [0.4, 0.5) is 0 Å². The molecular weight excluding hydrogens is 743 g/mol. The molecule has 358 valence electrons. The summed E-state index contributed by atoms with van der Waals surface area (Å²) in [5.41, 5.74) is 0. The Bertz CT molecular complexity index is 870. The minimum absolute atomic E-state index is 0.0153. The van der Waals surface area contributed by atoms with Crippen LogP contribution in [-0.4, -0.2) is 99.8 Å². The van der Waals surface area contributed by atoms with Crippen molar-refractivity contribution >= 4 is 11.9 Å². The van der Waals surface area contributed by atoms with Gasteiger partial charge in [-0.15, -0.1) is 0 Å². The molecule has 0 aromatic heterocycles. The number of esters is 2. The van der Waals surface area contributed by atoms with Crippen LogP contribution in [0, 0.1) is 5.92 Å². The molecule has 0 aliphatic carbocycles. The zero-order valence-corrected chi connectivity index (χ0v) is 41.7. The van der Waals surface area contributed by atoms with Crippen molar-refractivity contribution in [2.75, 3.05) is 73.1 Å². The average Bonchev–Trinajstić information content (AvgIpc) is 3.24. The standard InChI is InChI=1S/C53H107N3O4/c1-7-11-15-19-22-30-40-51(39-29-18-14-10-4)53(58)60-50-38-28-26-34-44-55(47-36-35-42-54(5)6)43-33-25-27-37-49-59-52(57)41-48-56(45-31-23-20-16-12-8-2)46-32-24-21-17-13-9-3/h51H,7-50H2,1-6H3. The van der Waals surface area contributed by atoms with Gasteiger partial charge in [0.2, 0.25) is 0 Å². The van der Waals surface area contributed by atoms with E-state index in [-0.39, 0.29) is 17.9 Å². The summed E-state index contributed by atoms with van der Waals surface area (Å²) < 4.78 is 11.6. The lowest BCUT2D eigenvalue weighted by Gasteiger charge is -2.23. The highest BCUT2D eigenvalue weighted by atomic mass is 16.5. The van der Waals surface area contributed by atoms with Gasteiger partial charge in [0.15, 0.2) is 0 Å². The predicted molar refractivity (Wildman–Crippen MR) is 261 cm³/mol. The lowest BCUT2D eigenvalue weighted by atomic mass is 9.94. The van der Waals surface area contributed by atoms with Crippen molar-refractivity contribution in [3.05, 3.63) is 0 Å². The summed E-state index contributed by atoms with van der Waals surface area (Å²) in [6, 6.07) is 0. The topological polar surface area (TPSA) is 62.3 Å². The van der Waals surface area contributed by atoms with Crippen LogP contribution in [0.1, 0.15) is 252 Å². The summed E-state index contributed by atoms with van der Waals surface area (Å²) in [5, 5.41) is 0. The first-order valence-electron chi connectivity index (χ1n) is 26.8. The van der Waals surface area contributed by atoms with E-state index in [2.05, 4.69) is 56.5 Å². The Hall–Kier alpha value is -1.18. The molecule has 0 fully saturated rings. The summed E-state index contributed by atoms with van der Waals surface area (Å²) in [6.45, 7) is 18.0. The van der Waals surface area contributed by atoms with Crippen molar-refractivity contribution in [1.82, 2.24) is 14.7 Å². The molecule has 0 heterocycles. The van der Waals surface area contributed by atoms with Gasteiger partial charge in [-0.3, -0.25) is 9.59 Å². The molecule has 0 aromatic carbocycles. The highest BCUT2D eigenvalue weighted by molar-refractivity contribution is 5.72. The number of nitrogens with zero attached hydrogens (tertiary/aromatic N) is 3. The quantitative estimate of drug-likeness (QED) is 0.0446. The second kappa shape index (κ2) is 47.3. The first-order valence-corrected chi connectivity index (χ1v) is 26.8. The first-order chi connectivity index (χ1) is 29.4. The summed E-state index contributed by atoms with van der Waals surface area (Å²) >= 11 is 0. The Labute approximate surface area is 376 Å². The maximum absolute atomic E-state index is 13.0. The molecule has 0 rings (SSSR count). The summed E-state index contributed by atoms with van der Waals surface area (Å²) in [5.74, 6) is 0.157. The van der Waals surface area contributed by atoms with Crippen molar-refractivity contribution in [3.63, 3.8) is 0 Å². The molecule has 0 N–H and O–H groups in total. The number of hydrogen-bond donors (Lipinski definition) is 0. The molecule has 60 heavy (non-hydrogen) atoms. The van der Waals surface area contributed by atoms with Crippen molar-refractivity contribution < 1.29 is 19.1 Å². The van der Waals surface area contributed by atoms with E-state index < -0.39 is 0 Å². The van der Waals surface area contributed by atoms with Crippen LogP contribution in [0.15, 0.2) is 0 Å². The molecule has 0 radical (unpaired) electrons. The van der Waals surface area contributed by atoms with Crippen molar-refractivity contribution in [2.24, 2.45) is 5.92 Å². The summed E-state index contributed by atoms with van der Waals surface area (Å²) in [7, 11) is 4.33. The Kier molecular flexibility index (Phi) is 46.4. The highest BCUT2D eigenvalue weighted by Crippen LogP contribution is 2.21. The van der Waals surface area contributed by atoms with Crippen LogP contribution < -0.4 is 0 Å². The van der Waals surface area contributed by atoms with Crippen LogP contribution in [-0.2, 0) is 19.1 Å². The van der Waals surface area contributed by atoms with E-state index in [0.29, 0.717) is 19.6 Å². The van der Waals surface area contributed by atoms with Crippen molar-refractivity contribution in [3.8, 4) is 0 Å². The molecular formula is C53H107N3O4. The van der Waals surface area contributed by atoms with E-state index in [9.17, 15) is 9.59 Å². The van der Waals surface area contributed by atoms with Gasteiger partial charge in [-0.2, -0.15) is 0 Å². The van der Waals surface area contributed by atoms with Gasteiger partial charge in [0, 0.05) is 6.54 Å². The molecule has 0 aliphatic heterocycles. The molecule has 0 amide bonds. The predicted octanol–water partition coefficient (Wildman–Crippen LogP) is 14.6. The molecule has 7 heteroatoms. The molecule has 0 spiro atoms. The average molecular weight is 850 g/mol. The monoisotopic (exact) mass is 850 g/mol. The Morgan fingerprint density at radius 1 is 0.367 bits per heavy atom. The fraction of sp³-hybridized carbons (Fsp3) is 0.962. The first kappa shape index (κ1) is 58.8. The van der Waals surface area contributed by atoms with Crippen LogP contribution in [0.2, 0.25) is 0 Å². The van der Waals surface area contributed by atoms with Crippen LogP contribution >= 0.6 is 0 Å². The maximum atomic E-state index is 13.0. The molecule has 0 aromatic rings. The third-order valence-electron chi connectivity index (χ3n) is 12.5. The van der Waals surface area contributed by atoms with E-state index >= 15 is 0 Å². The van der Waals surface area contributed by atoms with E-state index in [0.717, 1.165) is 90.6 Å². The Morgan fingerprint density at radius 3 is 1.12 bits per heavy atom. The van der Waals surface area contributed by atoms with Gasteiger partial charge in [-0.05, 0) is 118 Å². The molecule has 7 nitrogen and oxygen atoms in total. The smallest absolute Gasteiger partial charge is 0.308 e. The van der Waals surface area contributed by atoms with Crippen LogP contribution in [0.25, 0.3) is 0 Å². The van der Waals surface area contributed by atoms with Gasteiger partial charge in [0.25, 0.3) is 0 Å². The van der Waals surface area contributed by atoms with Gasteiger partial charge >= 0.3 is 11.9 Å². The number of ether oxygens (including phenoxy) is 2. The van der Waals surface area contributed by atoms with Crippen LogP contribution in [0.3, 0.4) is 0 Å². The zero-order chi connectivity index (χ0) is 44.0. The van der Waals surface area contributed by atoms with E-state index in [1.165, 1.54) is 173 Å². The second-order valence-electron chi connectivity index (χ2n) is 18.8. The Morgan fingerprint density at radius 2 is 0.683 bits per heavy atom. The van der Waals surface area contributed by atoms with Gasteiger partial charge in [-0.1, -0.05) is 182 Å². The number of carbonyl (C=O) groups is 2. The normalized spacial score (nSPS) is 12.3.